The third-order valence-electron chi connectivity index (χ3n) is 11.0. The fourth-order valence-corrected chi connectivity index (χ4v) is 10.8. The summed E-state index contributed by atoms with van der Waals surface area (Å²) in [6.45, 7) is 8.46. The highest BCUT2D eigenvalue weighted by molar-refractivity contribution is 8.20. The average Bonchev–Trinajstić information content (AvgIpc) is 3.92. The summed E-state index contributed by atoms with van der Waals surface area (Å²) >= 11 is 10.1. The number of urea groups is 1. The van der Waals surface area contributed by atoms with Crippen LogP contribution in [0, 0.1) is 18.8 Å². The molecule has 5 aliphatic rings. The van der Waals surface area contributed by atoms with Crippen LogP contribution >= 0.6 is 35.1 Å². The number of alkyl carbamates (subject to hydrolysis) is 1. The number of hydrogen-bond acceptors (Lipinski definition) is 11. The summed E-state index contributed by atoms with van der Waals surface area (Å²) < 4.78 is 18.0. The van der Waals surface area contributed by atoms with E-state index < -0.39 is 66.2 Å². The number of esters is 1. The standard InChI is InChI=1S/C36H47ClN4O9S2/c1-18-9-8-10-23(16-42)36(47)15-25(48-33(45)38-36)20(3)29-35(5,50-29)26(14-27(43)40(7)24-13-22(11-18)12-19(2)28(24)37)49-32(44)21(4)39(6)34(46)41-30-31(41)52-17-51-30/h8-10,12-13,20-21,23,25-26,29-31,42,47H,11,14-17H2,1-7H3,(H,38,45)/b10-8+,18-9+/t20-,21+,23+,25?,26+,29-,30+,31?,35-,36+,41?/m1/s1. The fourth-order valence-electron chi connectivity index (χ4n) is 7.33. The smallest absolute Gasteiger partial charge is 0.409 e. The summed E-state index contributed by atoms with van der Waals surface area (Å²) in [6, 6.07) is 2.55. The van der Waals surface area contributed by atoms with Crippen molar-refractivity contribution < 1.29 is 43.6 Å². The first kappa shape index (κ1) is 38.8. The number of epoxide rings is 1. The van der Waals surface area contributed by atoms with Gasteiger partial charge in [-0.25, -0.2) is 14.4 Å². The van der Waals surface area contributed by atoms with Crippen molar-refractivity contribution in [3.05, 3.63) is 52.1 Å². The van der Waals surface area contributed by atoms with Gasteiger partial charge < -0.3 is 34.2 Å². The van der Waals surface area contributed by atoms with Crippen LogP contribution in [0.25, 0.3) is 0 Å². The molecule has 1 aromatic rings. The molecule has 284 valence electrons. The van der Waals surface area contributed by atoms with Gasteiger partial charge in [0.15, 0.2) is 5.72 Å². The van der Waals surface area contributed by atoms with Crippen LogP contribution in [0.1, 0.15) is 51.7 Å². The molecule has 4 fully saturated rings. The topological polar surface area (TPSA) is 161 Å². The highest BCUT2D eigenvalue weighted by Gasteiger charge is 2.64. The summed E-state index contributed by atoms with van der Waals surface area (Å²) in [5, 5.41) is 26.0. The van der Waals surface area contributed by atoms with Gasteiger partial charge in [0.25, 0.3) is 0 Å². The lowest BCUT2D eigenvalue weighted by molar-refractivity contribution is -0.158. The van der Waals surface area contributed by atoms with Gasteiger partial charge in [0.1, 0.15) is 34.6 Å². The van der Waals surface area contributed by atoms with E-state index in [9.17, 15) is 29.4 Å². The van der Waals surface area contributed by atoms with E-state index in [0.717, 1.165) is 21.8 Å². The Kier molecular flexibility index (Phi) is 11.0. The van der Waals surface area contributed by atoms with Crippen LogP contribution < -0.4 is 10.2 Å². The summed E-state index contributed by atoms with van der Waals surface area (Å²) in [6.07, 6.45) is 1.95. The molecule has 4 saturated heterocycles. The number of fused-ring (bicyclic) bond motifs is 6. The molecule has 1 aromatic carbocycles. The van der Waals surface area contributed by atoms with Crippen LogP contribution in [0.4, 0.5) is 15.3 Å². The second kappa shape index (κ2) is 14.7. The van der Waals surface area contributed by atoms with Crippen molar-refractivity contribution in [3.63, 3.8) is 0 Å². The van der Waals surface area contributed by atoms with Gasteiger partial charge in [-0.05, 0) is 51.3 Å². The number of aliphatic hydroxyl groups excluding tert-OH is 1. The van der Waals surface area contributed by atoms with E-state index >= 15 is 0 Å². The van der Waals surface area contributed by atoms with Crippen LogP contribution in [-0.2, 0) is 30.2 Å². The average molecular weight is 779 g/mol. The molecule has 0 aliphatic carbocycles. The Bertz CT molecular complexity index is 1690. The highest BCUT2D eigenvalue weighted by atomic mass is 35.5. The second-order valence-corrected chi connectivity index (χ2v) is 17.6. The van der Waals surface area contributed by atoms with Gasteiger partial charge in [-0.2, -0.15) is 0 Å². The first-order valence-electron chi connectivity index (χ1n) is 17.4. The van der Waals surface area contributed by atoms with Crippen molar-refractivity contribution in [3.8, 4) is 0 Å². The van der Waals surface area contributed by atoms with Crippen LogP contribution in [0.15, 0.2) is 35.9 Å². The van der Waals surface area contributed by atoms with E-state index in [1.54, 1.807) is 75.4 Å². The number of nitrogens with one attached hydrogen (secondary N) is 1. The molecule has 0 radical (unpaired) electrons. The lowest BCUT2D eigenvalue weighted by Gasteiger charge is -2.42. The van der Waals surface area contributed by atoms with Gasteiger partial charge in [0, 0.05) is 37.4 Å². The number of rotatable bonds is 4. The molecule has 6 rings (SSSR count). The lowest BCUT2D eigenvalue weighted by atomic mass is 9.81. The van der Waals surface area contributed by atoms with E-state index in [2.05, 4.69) is 5.32 Å². The molecule has 5 heterocycles. The van der Waals surface area contributed by atoms with E-state index in [-0.39, 0.29) is 35.5 Å². The van der Waals surface area contributed by atoms with Gasteiger partial charge in [-0.3, -0.25) is 15.0 Å². The number of amides is 4. The number of ether oxygens (including phenoxy) is 3. The number of anilines is 1. The van der Waals surface area contributed by atoms with Gasteiger partial charge in [-0.1, -0.05) is 48.4 Å². The Hall–Kier alpha value is -2.95. The van der Waals surface area contributed by atoms with Crippen LogP contribution in [0.2, 0.25) is 5.02 Å². The lowest BCUT2D eigenvalue weighted by Crippen LogP contribution is -2.62. The number of benzene rings is 1. The van der Waals surface area contributed by atoms with Crippen molar-refractivity contribution >= 4 is 64.8 Å². The Morgan fingerprint density at radius 1 is 1.23 bits per heavy atom. The summed E-state index contributed by atoms with van der Waals surface area (Å²) in [4.78, 5) is 58.5. The SMILES string of the molecule is C/C1=C\C=C\[C@@H](CO)[C@@]2(O)CC(OC(=O)N2)[C@@H](C)[C@H]2O[C@]2(C)[C@@H](OC(=O)[C@H](C)N(C)C(=O)N2C3SCS[C@@H]32)CC(=O)N(C)c2cc(cc(C)c2Cl)C1. The zero-order valence-corrected chi connectivity index (χ0v) is 32.7. The first-order chi connectivity index (χ1) is 24.5. The molecule has 4 bridgehead atoms. The largest absolute Gasteiger partial charge is 0.457 e. The number of carbonyl (C=O) groups is 4. The summed E-state index contributed by atoms with van der Waals surface area (Å²) in [7, 11) is 3.17. The number of carbonyl (C=O) groups excluding carboxylic acids is 4. The molecule has 2 unspecified atom stereocenters. The molecular formula is C36H47ClN4O9S2. The summed E-state index contributed by atoms with van der Waals surface area (Å²) in [5.41, 5.74) is 0.0918. The third kappa shape index (κ3) is 7.41. The van der Waals surface area contributed by atoms with Crippen LogP contribution in [0.5, 0.6) is 0 Å². The van der Waals surface area contributed by atoms with Crippen molar-refractivity contribution in [2.45, 2.75) is 100 Å². The van der Waals surface area contributed by atoms with Crippen molar-refractivity contribution in [1.82, 2.24) is 15.1 Å². The van der Waals surface area contributed by atoms with Crippen molar-refractivity contribution in [1.29, 1.82) is 0 Å². The molecule has 0 aromatic heterocycles. The third-order valence-corrected chi connectivity index (χ3v) is 14.4. The minimum atomic E-state index is -1.83. The maximum Gasteiger partial charge on any atom is 0.409 e. The Labute approximate surface area is 317 Å². The number of halogens is 1. The number of hydrogen-bond donors (Lipinski definition) is 3. The predicted octanol–water partition coefficient (Wildman–Crippen LogP) is 4.41. The van der Waals surface area contributed by atoms with Crippen molar-refractivity contribution in [2.75, 3.05) is 30.7 Å². The molecule has 4 amide bonds. The monoisotopic (exact) mass is 778 g/mol. The maximum atomic E-state index is 14.1. The van der Waals surface area contributed by atoms with Gasteiger partial charge in [0.05, 0.1) is 29.8 Å². The highest BCUT2D eigenvalue weighted by Crippen LogP contribution is 2.53. The molecule has 0 saturated carbocycles. The number of aliphatic hydroxyl groups is 2. The number of aryl methyl sites for hydroxylation is 1. The Morgan fingerprint density at radius 3 is 2.60 bits per heavy atom. The second-order valence-electron chi connectivity index (χ2n) is 14.7. The zero-order chi connectivity index (χ0) is 37.9. The molecule has 52 heavy (non-hydrogen) atoms. The van der Waals surface area contributed by atoms with Gasteiger partial charge in [0.2, 0.25) is 5.91 Å². The van der Waals surface area contributed by atoms with E-state index in [1.807, 2.05) is 32.1 Å². The number of nitrogens with zero attached hydrogens (tertiary/aromatic N) is 3. The molecule has 16 heteroatoms. The molecular weight excluding hydrogens is 732 g/mol. The minimum absolute atomic E-state index is 0.0666. The fraction of sp³-hybridized carbons (Fsp3) is 0.611. The minimum Gasteiger partial charge on any atom is -0.457 e. The molecule has 13 nitrogen and oxygen atoms in total. The van der Waals surface area contributed by atoms with E-state index in [1.165, 1.54) is 9.80 Å². The number of likely N-dealkylation sites (N-methyl/N-ethyl adjacent to an activating group) is 1. The Balaban J connectivity index is 1.32. The van der Waals surface area contributed by atoms with E-state index in [4.69, 9.17) is 25.8 Å². The first-order valence-corrected chi connectivity index (χ1v) is 19.8. The quantitative estimate of drug-likeness (QED) is 0.294. The predicted molar refractivity (Wildman–Crippen MR) is 199 cm³/mol. The number of allylic oxidation sites excluding steroid dienone is 3. The van der Waals surface area contributed by atoms with E-state index in [0.29, 0.717) is 17.1 Å². The van der Waals surface area contributed by atoms with Crippen LogP contribution in [-0.4, -0.2) is 116 Å². The van der Waals surface area contributed by atoms with Gasteiger partial charge >= 0.3 is 18.1 Å². The number of thioether (sulfide) groups is 2. The molecule has 5 aliphatic heterocycles. The summed E-state index contributed by atoms with van der Waals surface area (Å²) in [5.74, 6) is -2.48. The zero-order valence-electron chi connectivity index (χ0n) is 30.3. The molecule has 3 N–H and O–H groups in total. The van der Waals surface area contributed by atoms with Gasteiger partial charge in [-0.15, -0.1) is 23.5 Å². The Morgan fingerprint density at radius 2 is 1.92 bits per heavy atom. The maximum absolute atomic E-state index is 14.1. The molecule has 0 spiro atoms. The van der Waals surface area contributed by atoms with Crippen molar-refractivity contribution in [2.24, 2.45) is 11.8 Å². The normalized spacial score (nSPS) is 36.7. The molecule has 10 atom stereocenters. The van der Waals surface area contributed by atoms with Crippen LogP contribution in [0.3, 0.4) is 0 Å².